The number of nitrogens with zero attached hydrogens (tertiary/aromatic N) is 2. The molecule has 0 aliphatic heterocycles. The molecule has 4 aromatic carbocycles. The fourth-order valence-electron chi connectivity index (χ4n) is 4.19. The first kappa shape index (κ1) is 27.3. The molecule has 5 aromatic rings. The molecule has 0 amide bonds. The van der Waals surface area contributed by atoms with E-state index in [9.17, 15) is 17.6 Å². The Bertz CT molecular complexity index is 1600. The third-order valence-electron chi connectivity index (χ3n) is 6.21. The Balaban J connectivity index is 1.31. The van der Waals surface area contributed by atoms with Gasteiger partial charge in [-0.25, -0.2) is 9.07 Å². The van der Waals surface area contributed by atoms with E-state index in [4.69, 9.17) is 21.1 Å². The van der Waals surface area contributed by atoms with Crippen molar-refractivity contribution in [1.82, 2.24) is 9.78 Å². The highest BCUT2D eigenvalue weighted by Crippen LogP contribution is 2.33. The lowest BCUT2D eigenvalue weighted by molar-refractivity contribution is -0.141. The number of ether oxygens (including phenoxy) is 2. The molecule has 0 bridgehead atoms. The molecule has 1 aromatic heterocycles. The van der Waals surface area contributed by atoms with E-state index in [1.54, 1.807) is 61.5 Å². The minimum atomic E-state index is -4.64. The molecule has 0 aliphatic carbocycles. The van der Waals surface area contributed by atoms with E-state index in [1.165, 1.54) is 6.07 Å². The summed E-state index contributed by atoms with van der Waals surface area (Å²) in [6, 6.07) is 26.8. The molecule has 204 valence electrons. The maximum atomic E-state index is 14.9. The third kappa shape index (κ3) is 6.13. The van der Waals surface area contributed by atoms with Crippen LogP contribution in [0.4, 0.5) is 17.6 Å². The van der Waals surface area contributed by atoms with Gasteiger partial charge in [-0.15, -0.1) is 0 Å². The highest BCUT2D eigenvalue weighted by atomic mass is 35.5. The highest BCUT2D eigenvalue weighted by Gasteiger charge is 2.35. The molecule has 9 heteroatoms. The van der Waals surface area contributed by atoms with E-state index in [0.29, 0.717) is 40.5 Å². The van der Waals surface area contributed by atoms with Gasteiger partial charge in [-0.2, -0.15) is 18.3 Å². The van der Waals surface area contributed by atoms with Gasteiger partial charge in [0.05, 0.1) is 16.4 Å². The largest absolute Gasteiger partial charge is 0.489 e. The second kappa shape index (κ2) is 11.4. The normalized spacial score (nSPS) is 11.4. The summed E-state index contributed by atoms with van der Waals surface area (Å²) in [6.07, 6.45) is -4.64. The average molecular weight is 567 g/mol. The first-order valence-corrected chi connectivity index (χ1v) is 12.7. The zero-order chi connectivity index (χ0) is 28.3. The van der Waals surface area contributed by atoms with Crippen LogP contribution in [-0.2, 0) is 19.4 Å². The molecule has 1 heterocycles. The fraction of sp³-hybridized carbons (Fsp3) is 0.129. The fourth-order valence-corrected chi connectivity index (χ4v) is 4.50. The molecule has 0 saturated heterocycles. The van der Waals surface area contributed by atoms with Crippen LogP contribution in [0, 0.1) is 12.7 Å². The van der Waals surface area contributed by atoms with Gasteiger partial charge in [-0.05, 0) is 60.0 Å². The molecule has 5 rings (SSSR count). The number of para-hydroxylation sites is 1. The van der Waals surface area contributed by atoms with Crippen molar-refractivity contribution in [3.8, 4) is 28.3 Å². The Morgan fingerprint density at radius 1 is 0.800 bits per heavy atom. The molecule has 0 radical (unpaired) electrons. The SMILES string of the molecule is Cc1cccc(Cl)c1-n1nc(C(F)(F)F)cc1COc1ccc(-c2ccc(OCc3ccccc3)cc2F)cc1. The lowest BCUT2D eigenvalue weighted by Crippen LogP contribution is -2.10. The Morgan fingerprint density at radius 3 is 2.17 bits per heavy atom. The van der Waals surface area contributed by atoms with Crippen LogP contribution in [0.5, 0.6) is 11.5 Å². The summed E-state index contributed by atoms with van der Waals surface area (Å²) in [5.41, 5.74) is 2.09. The van der Waals surface area contributed by atoms with Gasteiger partial charge in [-0.1, -0.05) is 66.2 Å². The molecule has 0 N–H and O–H groups in total. The Kier molecular flexibility index (Phi) is 7.80. The van der Waals surface area contributed by atoms with Gasteiger partial charge in [0.25, 0.3) is 0 Å². The standard InChI is InChI=1S/C31H23ClF4N2O2/c1-20-6-5-9-27(32)30(20)38-23(16-29(37-38)31(34,35)36)19-40-24-12-10-22(11-13-24)26-15-14-25(17-28(26)33)39-18-21-7-3-2-4-8-21/h2-17H,18-19H2,1H3. The van der Waals surface area contributed by atoms with E-state index in [2.05, 4.69) is 5.10 Å². The van der Waals surface area contributed by atoms with Crippen molar-refractivity contribution in [2.24, 2.45) is 0 Å². The van der Waals surface area contributed by atoms with Crippen molar-refractivity contribution in [3.63, 3.8) is 0 Å². The number of aromatic nitrogens is 2. The van der Waals surface area contributed by atoms with E-state index in [-0.39, 0.29) is 17.3 Å². The average Bonchev–Trinajstić information content (AvgIpc) is 3.36. The van der Waals surface area contributed by atoms with Crippen LogP contribution >= 0.6 is 11.6 Å². The lowest BCUT2D eigenvalue weighted by atomic mass is 10.0. The maximum absolute atomic E-state index is 14.9. The Hall–Kier alpha value is -4.30. The summed E-state index contributed by atoms with van der Waals surface area (Å²) in [7, 11) is 0. The number of aryl methyl sites for hydroxylation is 1. The summed E-state index contributed by atoms with van der Waals surface area (Å²) in [4.78, 5) is 0. The molecule has 40 heavy (non-hydrogen) atoms. The summed E-state index contributed by atoms with van der Waals surface area (Å²) in [5, 5.41) is 4.03. The number of alkyl halides is 3. The third-order valence-corrected chi connectivity index (χ3v) is 6.52. The number of hydrogen-bond acceptors (Lipinski definition) is 3. The van der Waals surface area contributed by atoms with Crippen molar-refractivity contribution in [3.05, 3.63) is 130 Å². The molecular weight excluding hydrogens is 544 g/mol. The number of benzene rings is 4. The predicted octanol–water partition coefficient (Wildman–Crippen LogP) is 8.82. The van der Waals surface area contributed by atoms with E-state index < -0.39 is 17.7 Å². The van der Waals surface area contributed by atoms with Crippen LogP contribution in [0.25, 0.3) is 16.8 Å². The molecular formula is C31H23ClF4N2O2. The van der Waals surface area contributed by atoms with Crippen LogP contribution in [0.1, 0.15) is 22.5 Å². The topological polar surface area (TPSA) is 36.3 Å². The molecule has 0 aliphatic rings. The minimum Gasteiger partial charge on any atom is -0.489 e. The molecule has 0 saturated carbocycles. The van der Waals surface area contributed by atoms with Gasteiger partial charge in [-0.3, -0.25) is 0 Å². The monoisotopic (exact) mass is 566 g/mol. The minimum absolute atomic E-state index is 0.171. The number of hydrogen-bond donors (Lipinski definition) is 0. The van der Waals surface area contributed by atoms with Gasteiger partial charge in [0.1, 0.15) is 30.5 Å². The van der Waals surface area contributed by atoms with E-state index >= 15 is 0 Å². The first-order valence-electron chi connectivity index (χ1n) is 12.3. The van der Waals surface area contributed by atoms with Crippen LogP contribution < -0.4 is 9.47 Å². The van der Waals surface area contributed by atoms with Gasteiger partial charge in [0.15, 0.2) is 5.69 Å². The lowest BCUT2D eigenvalue weighted by Gasteiger charge is -2.13. The number of halogens is 5. The summed E-state index contributed by atoms with van der Waals surface area (Å²) < 4.78 is 67.9. The zero-order valence-corrected chi connectivity index (χ0v) is 22.0. The first-order chi connectivity index (χ1) is 19.2. The quantitative estimate of drug-likeness (QED) is 0.176. The van der Waals surface area contributed by atoms with Gasteiger partial charge < -0.3 is 9.47 Å². The van der Waals surface area contributed by atoms with Crippen molar-refractivity contribution in [2.75, 3.05) is 0 Å². The predicted molar refractivity (Wildman–Crippen MR) is 145 cm³/mol. The van der Waals surface area contributed by atoms with Crippen molar-refractivity contribution in [1.29, 1.82) is 0 Å². The summed E-state index contributed by atoms with van der Waals surface area (Å²) >= 11 is 6.30. The maximum Gasteiger partial charge on any atom is 0.435 e. The van der Waals surface area contributed by atoms with Crippen molar-refractivity contribution < 1.29 is 27.0 Å². The second-order valence-electron chi connectivity index (χ2n) is 9.06. The molecule has 4 nitrogen and oxygen atoms in total. The van der Waals surface area contributed by atoms with E-state index in [0.717, 1.165) is 16.3 Å². The zero-order valence-electron chi connectivity index (χ0n) is 21.3. The number of rotatable bonds is 8. The molecule has 0 unspecified atom stereocenters. The smallest absolute Gasteiger partial charge is 0.435 e. The van der Waals surface area contributed by atoms with Crippen LogP contribution in [0.15, 0.2) is 97.1 Å². The van der Waals surface area contributed by atoms with Gasteiger partial charge >= 0.3 is 6.18 Å². The Labute approximate surface area is 233 Å². The Morgan fingerprint density at radius 2 is 1.50 bits per heavy atom. The molecule has 0 atom stereocenters. The van der Waals surface area contributed by atoms with Crippen molar-refractivity contribution in [2.45, 2.75) is 26.3 Å². The van der Waals surface area contributed by atoms with Gasteiger partial charge in [0.2, 0.25) is 0 Å². The van der Waals surface area contributed by atoms with Crippen molar-refractivity contribution >= 4 is 11.6 Å². The molecule has 0 fully saturated rings. The summed E-state index contributed by atoms with van der Waals surface area (Å²) in [6.45, 7) is 1.86. The summed E-state index contributed by atoms with van der Waals surface area (Å²) in [5.74, 6) is 0.357. The van der Waals surface area contributed by atoms with Crippen LogP contribution in [0.2, 0.25) is 5.02 Å². The van der Waals surface area contributed by atoms with E-state index in [1.807, 2.05) is 30.3 Å². The van der Waals surface area contributed by atoms with Gasteiger partial charge in [0, 0.05) is 11.6 Å². The highest BCUT2D eigenvalue weighted by molar-refractivity contribution is 6.32. The van der Waals surface area contributed by atoms with Crippen LogP contribution in [-0.4, -0.2) is 9.78 Å². The second-order valence-corrected chi connectivity index (χ2v) is 9.47. The van der Waals surface area contributed by atoms with Crippen LogP contribution in [0.3, 0.4) is 0 Å². The molecule has 0 spiro atoms.